The minimum atomic E-state index is -0.154. The van der Waals surface area contributed by atoms with E-state index in [4.69, 9.17) is 4.74 Å². The number of ether oxygens (including phenoxy) is 1. The second-order valence-electron chi connectivity index (χ2n) is 6.39. The summed E-state index contributed by atoms with van der Waals surface area (Å²) in [6.07, 6.45) is 5.35. The first-order chi connectivity index (χ1) is 12.6. The normalized spacial score (nSPS) is 10.7. The molecule has 5 nitrogen and oxygen atoms in total. The van der Waals surface area contributed by atoms with Crippen LogP contribution >= 0.6 is 0 Å². The largest absolute Gasteiger partial charge is 0.484 e. The minimum absolute atomic E-state index is 0.00569. The number of nitrogens with one attached hydrogen (secondary N) is 1. The Morgan fingerprint density at radius 3 is 2.62 bits per heavy atom. The van der Waals surface area contributed by atoms with E-state index in [1.165, 1.54) is 5.56 Å². The molecule has 2 aromatic carbocycles. The van der Waals surface area contributed by atoms with Gasteiger partial charge in [-0.3, -0.25) is 4.79 Å². The Balaban J connectivity index is 1.53. The lowest BCUT2D eigenvalue weighted by Crippen LogP contribution is -2.28. The van der Waals surface area contributed by atoms with Gasteiger partial charge in [0.1, 0.15) is 5.75 Å². The summed E-state index contributed by atoms with van der Waals surface area (Å²) in [6.45, 7) is 4.72. The average Bonchev–Trinajstić information content (AvgIpc) is 3.20. The Morgan fingerprint density at radius 1 is 1.15 bits per heavy atom. The molecule has 26 heavy (non-hydrogen) atoms. The highest BCUT2D eigenvalue weighted by atomic mass is 16.5. The molecule has 3 rings (SSSR count). The predicted octanol–water partition coefficient (Wildman–Crippen LogP) is 3.69. The second-order valence-corrected chi connectivity index (χ2v) is 6.39. The van der Waals surface area contributed by atoms with E-state index in [0.717, 1.165) is 11.3 Å². The van der Waals surface area contributed by atoms with E-state index in [1.807, 2.05) is 59.3 Å². The Kier molecular flexibility index (Phi) is 5.69. The lowest BCUT2D eigenvalue weighted by atomic mass is 10.0. The number of amides is 1. The zero-order valence-corrected chi connectivity index (χ0v) is 15.1. The van der Waals surface area contributed by atoms with Gasteiger partial charge >= 0.3 is 0 Å². The van der Waals surface area contributed by atoms with E-state index in [9.17, 15) is 4.79 Å². The summed E-state index contributed by atoms with van der Waals surface area (Å²) in [5.74, 6) is 1.02. The van der Waals surface area contributed by atoms with E-state index >= 15 is 0 Å². The van der Waals surface area contributed by atoms with Gasteiger partial charge in [0.25, 0.3) is 5.91 Å². The molecule has 0 fully saturated rings. The molecule has 1 N–H and O–H groups in total. The molecule has 0 bridgehead atoms. The van der Waals surface area contributed by atoms with Crippen molar-refractivity contribution >= 4 is 5.91 Å². The zero-order chi connectivity index (χ0) is 18.4. The molecule has 0 aliphatic heterocycles. The van der Waals surface area contributed by atoms with Gasteiger partial charge in [0, 0.05) is 18.9 Å². The summed E-state index contributed by atoms with van der Waals surface area (Å²) in [5, 5.41) is 2.90. The van der Waals surface area contributed by atoms with Gasteiger partial charge in [0.15, 0.2) is 6.61 Å². The third-order valence-electron chi connectivity index (χ3n) is 4.17. The summed E-state index contributed by atoms with van der Waals surface area (Å²) in [6, 6.07) is 15.8. The van der Waals surface area contributed by atoms with E-state index in [0.29, 0.717) is 18.2 Å². The highest BCUT2D eigenvalue weighted by Crippen LogP contribution is 2.18. The molecule has 0 spiro atoms. The number of nitrogens with zero attached hydrogens (tertiary/aromatic N) is 2. The van der Waals surface area contributed by atoms with Crippen molar-refractivity contribution in [2.45, 2.75) is 26.3 Å². The van der Waals surface area contributed by atoms with Crippen molar-refractivity contribution in [3.05, 3.63) is 78.4 Å². The van der Waals surface area contributed by atoms with Gasteiger partial charge in [-0.25, -0.2) is 4.98 Å². The maximum atomic E-state index is 12.1. The highest BCUT2D eigenvalue weighted by Gasteiger charge is 2.07. The lowest BCUT2D eigenvalue weighted by molar-refractivity contribution is -0.123. The Labute approximate surface area is 153 Å². The highest BCUT2D eigenvalue weighted by molar-refractivity contribution is 5.77. The average molecular weight is 349 g/mol. The number of rotatable bonds is 7. The van der Waals surface area contributed by atoms with Crippen LogP contribution in [0.2, 0.25) is 0 Å². The van der Waals surface area contributed by atoms with Crippen LogP contribution in [0.5, 0.6) is 5.75 Å². The predicted molar refractivity (Wildman–Crippen MR) is 101 cm³/mol. The van der Waals surface area contributed by atoms with Crippen LogP contribution in [-0.2, 0) is 11.3 Å². The molecule has 0 atom stereocenters. The van der Waals surface area contributed by atoms with Crippen molar-refractivity contribution < 1.29 is 9.53 Å². The smallest absolute Gasteiger partial charge is 0.258 e. The number of hydrogen-bond acceptors (Lipinski definition) is 3. The van der Waals surface area contributed by atoms with Crippen LogP contribution < -0.4 is 10.1 Å². The molecule has 0 unspecified atom stereocenters. The van der Waals surface area contributed by atoms with Crippen LogP contribution in [0.1, 0.15) is 30.9 Å². The first-order valence-corrected chi connectivity index (χ1v) is 8.69. The molecule has 0 aliphatic carbocycles. The van der Waals surface area contributed by atoms with Gasteiger partial charge in [0.2, 0.25) is 0 Å². The molecular weight excluding hydrogens is 326 g/mol. The molecule has 134 valence electrons. The van der Waals surface area contributed by atoms with Gasteiger partial charge in [-0.15, -0.1) is 0 Å². The quantitative estimate of drug-likeness (QED) is 0.708. The fraction of sp³-hybridized carbons (Fsp3) is 0.238. The zero-order valence-electron chi connectivity index (χ0n) is 15.1. The van der Waals surface area contributed by atoms with E-state index in [1.54, 1.807) is 12.5 Å². The Bertz CT molecular complexity index is 840. The van der Waals surface area contributed by atoms with Crippen molar-refractivity contribution in [2.75, 3.05) is 6.61 Å². The van der Waals surface area contributed by atoms with Crippen molar-refractivity contribution in [3.8, 4) is 11.4 Å². The summed E-state index contributed by atoms with van der Waals surface area (Å²) >= 11 is 0. The maximum Gasteiger partial charge on any atom is 0.258 e. The third-order valence-corrected chi connectivity index (χ3v) is 4.17. The minimum Gasteiger partial charge on any atom is -0.484 e. The number of carbonyl (C=O) groups is 1. The third kappa shape index (κ3) is 4.51. The summed E-state index contributed by atoms with van der Waals surface area (Å²) in [4.78, 5) is 16.2. The van der Waals surface area contributed by atoms with Crippen molar-refractivity contribution in [1.82, 2.24) is 14.9 Å². The molecule has 3 aromatic rings. The summed E-state index contributed by atoms with van der Waals surface area (Å²) in [7, 11) is 0. The fourth-order valence-electron chi connectivity index (χ4n) is 2.66. The summed E-state index contributed by atoms with van der Waals surface area (Å²) in [5.41, 5.74) is 3.26. The van der Waals surface area contributed by atoms with E-state index < -0.39 is 0 Å². The molecule has 1 amide bonds. The first-order valence-electron chi connectivity index (χ1n) is 8.69. The lowest BCUT2D eigenvalue weighted by Gasteiger charge is -2.12. The maximum absolute atomic E-state index is 12.1. The standard InChI is InChI=1S/C21H23N3O2/c1-16(2)17-7-9-19(10-8-17)26-14-21(25)23-13-18-5-3-4-6-20(18)24-12-11-22-15-24/h3-12,15-16H,13-14H2,1-2H3,(H,23,25). The van der Waals surface area contributed by atoms with E-state index in [-0.39, 0.29) is 12.5 Å². The van der Waals surface area contributed by atoms with Crippen LogP contribution in [0.4, 0.5) is 0 Å². The number of imidazole rings is 1. The van der Waals surface area contributed by atoms with Crippen LogP contribution in [0.15, 0.2) is 67.3 Å². The van der Waals surface area contributed by atoms with Crippen LogP contribution in [-0.4, -0.2) is 22.1 Å². The molecule has 0 saturated heterocycles. The fourth-order valence-corrected chi connectivity index (χ4v) is 2.66. The van der Waals surface area contributed by atoms with Gasteiger partial charge in [-0.05, 0) is 35.2 Å². The number of para-hydroxylation sites is 1. The van der Waals surface area contributed by atoms with Crippen LogP contribution in [0, 0.1) is 0 Å². The molecule has 0 aliphatic rings. The van der Waals surface area contributed by atoms with Gasteiger partial charge in [0.05, 0.1) is 12.0 Å². The molecule has 0 radical (unpaired) electrons. The van der Waals surface area contributed by atoms with E-state index in [2.05, 4.69) is 24.1 Å². The van der Waals surface area contributed by atoms with Gasteiger partial charge in [-0.1, -0.05) is 44.2 Å². The monoisotopic (exact) mass is 349 g/mol. The topological polar surface area (TPSA) is 56.1 Å². The Hall–Kier alpha value is -3.08. The molecule has 5 heteroatoms. The number of benzene rings is 2. The van der Waals surface area contributed by atoms with Gasteiger partial charge in [-0.2, -0.15) is 0 Å². The second kappa shape index (κ2) is 8.34. The van der Waals surface area contributed by atoms with Crippen molar-refractivity contribution in [3.63, 3.8) is 0 Å². The Morgan fingerprint density at radius 2 is 1.92 bits per heavy atom. The first kappa shape index (κ1) is 17.7. The molecule has 0 saturated carbocycles. The SMILES string of the molecule is CC(C)c1ccc(OCC(=O)NCc2ccccc2-n2ccnc2)cc1. The van der Waals surface area contributed by atoms with Crippen LogP contribution in [0.3, 0.4) is 0 Å². The van der Waals surface area contributed by atoms with Crippen molar-refractivity contribution in [1.29, 1.82) is 0 Å². The van der Waals surface area contributed by atoms with Crippen LogP contribution in [0.25, 0.3) is 5.69 Å². The number of hydrogen-bond donors (Lipinski definition) is 1. The molecular formula is C21H23N3O2. The molecule has 1 aromatic heterocycles. The van der Waals surface area contributed by atoms with Crippen molar-refractivity contribution in [2.24, 2.45) is 0 Å². The number of aromatic nitrogens is 2. The summed E-state index contributed by atoms with van der Waals surface area (Å²) < 4.78 is 7.49. The van der Waals surface area contributed by atoms with Gasteiger partial charge < -0.3 is 14.6 Å². The molecule has 1 heterocycles. The number of carbonyl (C=O) groups excluding carboxylic acids is 1.